The van der Waals surface area contributed by atoms with Crippen molar-refractivity contribution in [1.29, 1.82) is 0 Å². The Hall–Kier alpha value is -0.990. The topological polar surface area (TPSA) is 75.3 Å². The number of hydrogen-bond acceptors (Lipinski definition) is 4. The molecule has 2 N–H and O–H groups in total. The summed E-state index contributed by atoms with van der Waals surface area (Å²) in [6.07, 6.45) is 0.0586. The first-order valence-electron chi connectivity index (χ1n) is 6.04. The predicted molar refractivity (Wildman–Crippen MR) is 77.8 cm³/mol. The molecule has 1 aliphatic heterocycles. The summed E-state index contributed by atoms with van der Waals surface area (Å²) in [4.78, 5) is 11.9. The minimum atomic E-state index is -3.07. The first-order valence-corrected chi connectivity index (χ1v) is 8.66. The maximum Gasteiger partial charge on any atom is 0.226 e. The molecule has 110 valence electrons. The molecule has 0 bridgehead atoms. The highest BCUT2D eigenvalue weighted by Crippen LogP contribution is 2.23. The zero-order chi connectivity index (χ0) is 14.8. The minimum Gasteiger partial charge on any atom is -0.325 e. The Morgan fingerprint density at radius 3 is 2.90 bits per heavy atom. The van der Waals surface area contributed by atoms with Crippen LogP contribution in [0, 0.1) is 5.82 Å². The summed E-state index contributed by atoms with van der Waals surface area (Å²) >= 11 is 3.15. The summed E-state index contributed by atoms with van der Waals surface area (Å²) < 4.78 is 36.3. The summed E-state index contributed by atoms with van der Waals surface area (Å²) in [7, 11) is -3.07. The van der Waals surface area contributed by atoms with Gasteiger partial charge in [0.05, 0.1) is 17.2 Å². The van der Waals surface area contributed by atoms with Crippen LogP contribution in [0.1, 0.15) is 6.42 Å². The van der Waals surface area contributed by atoms with Crippen LogP contribution in [-0.2, 0) is 14.6 Å². The van der Waals surface area contributed by atoms with Crippen molar-refractivity contribution in [3.8, 4) is 0 Å². The number of benzene rings is 1. The predicted octanol–water partition coefficient (Wildman–Crippen LogP) is 1.30. The zero-order valence-corrected chi connectivity index (χ0v) is 12.9. The number of halogens is 2. The van der Waals surface area contributed by atoms with Crippen molar-refractivity contribution >= 4 is 37.4 Å². The number of sulfone groups is 1. The van der Waals surface area contributed by atoms with Gasteiger partial charge in [-0.1, -0.05) is 0 Å². The average Bonchev–Trinajstić information content (AvgIpc) is 2.31. The van der Waals surface area contributed by atoms with Crippen LogP contribution in [0.4, 0.5) is 10.1 Å². The molecular weight excluding hydrogens is 351 g/mol. The molecule has 0 spiro atoms. The second kappa shape index (κ2) is 6.19. The molecule has 1 aromatic rings. The number of amides is 1. The van der Waals surface area contributed by atoms with Crippen molar-refractivity contribution in [2.24, 2.45) is 0 Å². The smallest absolute Gasteiger partial charge is 0.226 e. The number of rotatable bonds is 3. The number of hydrogen-bond donors (Lipinski definition) is 2. The van der Waals surface area contributed by atoms with E-state index in [1.165, 1.54) is 18.2 Å². The van der Waals surface area contributed by atoms with Crippen LogP contribution < -0.4 is 10.6 Å². The van der Waals surface area contributed by atoms with Gasteiger partial charge in [-0.25, -0.2) is 12.8 Å². The van der Waals surface area contributed by atoms with Crippen molar-refractivity contribution in [2.45, 2.75) is 12.5 Å². The highest BCUT2D eigenvalue weighted by Gasteiger charge is 2.26. The van der Waals surface area contributed by atoms with Crippen LogP contribution in [-0.4, -0.2) is 38.4 Å². The van der Waals surface area contributed by atoms with E-state index in [0.717, 1.165) is 0 Å². The quantitative estimate of drug-likeness (QED) is 0.847. The van der Waals surface area contributed by atoms with Gasteiger partial charge >= 0.3 is 0 Å². The maximum atomic E-state index is 12.9. The molecule has 0 aromatic heterocycles. The van der Waals surface area contributed by atoms with Gasteiger partial charge in [0.1, 0.15) is 5.82 Å². The third-order valence-corrected chi connectivity index (χ3v) is 5.33. The van der Waals surface area contributed by atoms with E-state index < -0.39 is 15.7 Å². The van der Waals surface area contributed by atoms with E-state index in [4.69, 9.17) is 0 Å². The van der Waals surface area contributed by atoms with E-state index in [2.05, 4.69) is 26.6 Å². The Bertz CT molecular complexity index is 621. The van der Waals surface area contributed by atoms with Crippen LogP contribution in [0.3, 0.4) is 0 Å². The minimum absolute atomic E-state index is 0.0367. The molecular formula is C12H14BrFN2O3S. The van der Waals surface area contributed by atoms with Gasteiger partial charge in [0.25, 0.3) is 0 Å². The Kier molecular flexibility index (Phi) is 4.77. The second-order valence-electron chi connectivity index (χ2n) is 4.64. The fourth-order valence-electron chi connectivity index (χ4n) is 2.01. The molecule has 1 heterocycles. The summed E-state index contributed by atoms with van der Waals surface area (Å²) in [6, 6.07) is 3.55. The Labute approximate surface area is 125 Å². The van der Waals surface area contributed by atoms with E-state index in [1.54, 1.807) is 0 Å². The second-order valence-corrected chi connectivity index (χ2v) is 7.72. The van der Waals surface area contributed by atoms with Crippen LogP contribution in [0.5, 0.6) is 0 Å². The van der Waals surface area contributed by atoms with Crippen LogP contribution in [0.25, 0.3) is 0 Å². The SMILES string of the molecule is O=C(CC1CS(=O)(=O)CCN1)Nc1ccc(F)cc1Br. The largest absolute Gasteiger partial charge is 0.325 e. The Balaban J connectivity index is 1.95. The fraction of sp³-hybridized carbons (Fsp3) is 0.417. The highest BCUT2D eigenvalue weighted by molar-refractivity contribution is 9.10. The molecule has 5 nitrogen and oxygen atoms in total. The summed E-state index contributed by atoms with van der Waals surface area (Å²) in [5.74, 6) is -0.651. The molecule has 1 saturated heterocycles. The average molecular weight is 365 g/mol. The van der Waals surface area contributed by atoms with Gasteiger partial charge in [-0.3, -0.25) is 4.79 Å². The first-order chi connectivity index (χ1) is 9.35. The standard InChI is InChI=1S/C12H14BrFN2O3S/c13-10-5-8(14)1-2-11(10)16-12(17)6-9-7-20(18,19)4-3-15-9/h1-2,5,9,15H,3-4,6-7H2,(H,16,17). The summed E-state index contributed by atoms with van der Waals surface area (Å²) in [6.45, 7) is 0.362. The van der Waals surface area contributed by atoms with Gasteiger partial charge in [-0.15, -0.1) is 0 Å². The fourth-order valence-corrected chi connectivity index (χ4v) is 3.91. The molecule has 1 aliphatic rings. The van der Waals surface area contributed by atoms with Crippen molar-refractivity contribution in [2.75, 3.05) is 23.4 Å². The third-order valence-electron chi connectivity index (χ3n) is 2.94. The molecule has 1 aromatic carbocycles. The molecule has 0 saturated carbocycles. The molecule has 1 fully saturated rings. The zero-order valence-electron chi connectivity index (χ0n) is 10.5. The third kappa shape index (κ3) is 4.26. The van der Waals surface area contributed by atoms with Gasteiger partial charge in [-0.05, 0) is 34.1 Å². The number of carbonyl (C=O) groups excluding carboxylic acids is 1. The van der Waals surface area contributed by atoms with Crippen LogP contribution in [0.15, 0.2) is 22.7 Å². The molecule has 1 unspecified atom stereocenters. The molecule has 20 heavy (non-hydrogen) atoms. The molecule has 0 radical (unpaired) electrons. The monoisotopic (exact) mass is 364 g/mol. The maximum absolute atomic E-state index is 12.9. The normalized spacial score (nSPS) is 21.4. The van der Waals surface area contributed by atoms with E-state index in [0.29, 0.717) is 16.7 Å². The molecule has 8 heteroatoms. The van der Waals surface area contributed by atoms with Crippen molar-refractivity contribution in [3.63, 3.8) is 0 Å². The van der Waals surface area contributed by atoms with Gasteiger partial charge in [0.2, 0.25) is 5.91 Å². The van der Waals surface area contributed by atoms with Crippen molar-refractivity contribution < 1.29 is 17.6 Å². The van der Waals surface area contributed by atoms with Gasteiger partial charge in [0.15, 0.2) is 9.84 Å². The van der Waals surface area contributed by atoms with Crippen molar-refractivity contribution in [1.82, 2.24) is 5.32 Å². The van der Waals surface area contributed by atoms with E-state index >= 15 is 0 Å². The van der Waals surface area contributed by atoms with Crippen LogP contribution >= 0.6 is 15.9 Å². The molecule has 1 amide bonds. The van der Waals surface area contributed by atoms with E-state index in [9.17, 15) is 17.6 Å². The summed E-state index contributed by atoms with van der Waals surface area (Å²) in [5, 5.41) is 5.63. The lowest BCUT2D eigenvalue weighted by Gasteiger charge is -2.23. The van der Waals surface area contributed by atoms with E-state index in [-0.39, 0.29) is 29.9 Å². The Morgan fingerprint density at radius 2 is 2.25 bits per heavy atom. The van der Waals surface area contributed by atoms with E-state index in [1.807, 2.05) is 0 Å². The Morgan fingerprint density at radius 1 is 1.50 bits per heavy atom. The lowest BCUT2D eigenvalue weighted by atomic mass is 10.2. The lowest BCUT2D eigenvalue weighted by molar-refractivity contribution is -0.116. The number of anilines is 1. The molecule has 0 aliphatic carbocycles. The first kappa shape index (κ1) is 15.4. The summed E-state index contributed by atoms with van der Waals surface area (Å²) in [5.41, 5.74) is 0.454. The highest BCUT2D eigenvalue weighted by atomic mass is 79.9. The van der Waals surface area contributed by atoms with Gasteiger partial charge < -0.3 is 10.6 Å². The number of nitrogens with one attached hydrogen (secondary N) is 2. The van der Waals surface area contributed by atoms with Crippen molar-refractivity contribution in [3.05, 3.63) is 28.5 Å². The van der Waals surface area contributed by atoms with Crippen LogP contribution in [0.2, 0.25) is 0 Å². The molecule has 2 rings (SSSR count). The number of carbonyl (C=O) groups is 1. The van der Waals surface area contributed by atoms with Gasteiger partial charge in [0, 0.05) is 23.5 Å². The molecule has 1 atom stereocenters. The van der Waals surface area contributed by atoms with Gasteiger partial charge in [-0.2, -0.15) is 0 Å². The lowest BCUT2D eigenvalue weighted by Crippen LogP contribution is -2.46.